The molecule has 1 atom stereocenters. The lowest BCUT2D eigenvalue weighted by atomic mass is 9.89. The first-order valence-electron chi connectivity index (χ1n) is 7.03. The first-order valence-corrected chi connectivity index (χ1v) is 8.51. The molecule has 110 valence electrons. The number of nitrogens with zero attached hydrogens (tertiary/aromatic N) is 1. The van der Waals surface area contributed by atoms with Crippen LogP contribution in [0, 0.1) is 19.8 Å². The van der Waals surface area contributed by atoms with Crippen LogP contribution in [-0.4, -0.2) is 14.1 Å². The molecule has 1 aliphatic carbocycles. The van der Waals surface area contributed by atoms with Crippen molar-refractivity contribution in [1.29, 1.82) is 0 Å². The van der Waals surface area contributed by atoms with Crippen molar-refractivity contribution in [2.75, 3.05) is 0 Å². The fourth-order valence-electron chi connectivity index (χ4n) is 2.53. The number of aryl methyl sites for hydroxylation is 2. The maximum absolute atomic E-state index is 12.3. The van der Waals surface area contributed by atoms with Gasteiger partial charge in [0, 0.05) is 5.71 Å². The molecule has 2 rings (SSSR count). The van der Waals surface area contributed by atoms with Gasteiger partial charge in [-0.25, -0.2) is 4.83 Å². The molecule has 1 saturated carbocycles. The summed E-state index contributed by atoms with van der Waals surface area (Å²) in [5, 5.41) is 4.13. The molecule has 0 aromatic heterocycles. The van der Waals surface area contributed by atoms with Crippen molar-refractivity contribution >= 4 is 15.7 Å². The van der Waals surface area contributed by atoms with Crippen molar-refractivity contribution in [3.05, 3.63) is 29.3 Å². The van der Waals surface area contributed by atoms with E-state index in [1.165, 1.54) is 6.42 Å². The standard InChI is InChI=1S/C15H22N2O2S/c1-11-5-4-6-14(9-11)16-17-20(18,19)15-10-12(2)7-8-13(15)3/h7-8,10-11,17H,4-6,9H2,1-3H3/b16-14-/t11-/m1/s1. The average molecular weight is 294 g/mol. The molecular weight excluding hydrogens is 272 g/mol. The van der Waals surface area contributed by atoms with Gasteiger partial charge in [0.25, 0.3) is 10.0 Å². The largest absolute Gasteiger partial charge is 0.276 e. The molecule has 0 radical (unpaired) electrons. The van der Waals surface area contributed by atoms with Crippen LogP contribution in [0.25, 0.3) is 0 Å². The number of rotatable bonds is 3. The van der Waals surface area contributed by atoms with E-state index in [9.17, 15) is 8.42 Å². The van der Waals surface area contributed by atoms with Gasteiger partial charge in [0.15, 0.2) is 0 Å². The monoisotopic (exact) mass is 294 g/mol. The smallest absolute Gasteiger partial charge is 0.200 e. The van der Waals surface area contributed by atoms with Crippen LogP contribution in [0.2, 0.25) is 0 Å². The molecule has 4 nitrogen and oxygen atoms in total. The maximum atomic E-state index is 12.3. The molecule has 5 heteroatoms. The van der Waals surface area contributed by atoms with Crippen LogP contribution in [0.15, 0.2) is 28.2 Å². The summed E-state index contributed by atoms with van der Waals surface area (Å²) in [6.45, 7) is 5.85. The van der Waals surface area contributed by atoms with Crippen LogP contribution in [-0.2, 0) is 10.0 Å². The van der Waals surface area contributed by atoms with Gasteiger partial charge in [-0.3, -0.25) is 0 Å². The Morgan fingerprint density at radius 3 is 2.75 bits per heavy atom. The third kappa shape index (κ3) is 3.60. The molecule has 0 unspecified atom stereocenters. The van der Waals surface area contributed by atoms with Gasteiger partial charge in [0.1, 0.15) is 0 Å². The highest BCUT2D eigenvalue weighted by atomic mass is 32.2. The molecule has 0 saturated heterocycles. The minimum Gasteiger partial charge on any atom is -0.200 e. The van der Waals surface area contributed by atoms with Gasteiger partial charge < -0.3 is 0 Å². The molecule has 1 aromatic rings. The molecule has 0 heterocycles. The molecule has 20 heavy (non-hydrogen) atoms. The van der Waals surface area contributed by atoms with Gasteiger partial charge >= 0.3 is 0 Å². The highest BCUT2D eigenvalue weighted by Crippen LogP contribution is 2.21. The summed E-state index contributed by atoms with van der Waals surface area (Å²) in [4.78, 5) is 2.70. The number of hydrazone groups is 1. The second kappa shape index (κ2) is 5.95. The van der Waals surface area contributed by atoms with E-state index in [0.29, 0.717) is 10.8 Å². The zero-order valence-corrected chi connectivity index (χ0v) is 13.1. The highest BCUT2D eigenvalue weighted by molar-refractivity contribution is 7.89. The SMILES string of the molecule is Cc1ccc(C)c(S(=O)(=O)N/N=C2/CCC[C@@H](C)C2)c1. The zero-order chi connectivity index (χ0) is 14.8. The van der Waals surface area contributed by atoms with E-state index in [0.717, 1.165) is 36.1 Å². The summed E-state index contributed by atoms with van der Waals surface area (Å²) >= 11 is 0. The number of hydrogen-bond acceptors (Lipinski definition) is 3. The summed E-state index contributed by atoms with van der Waals surface area (Å²) in [5.41, 5.74) is 2.62. The molecule has 1 aromatic carbocycles. The Bertz CT molecular complexity index is 621. The lowest BCUT2D eigenvalue weighted by molar-refractivity contribution is 0.498. The topological polar surface area (TPSA) is 58.5 Å². The van der Waals surface area contributed by atoms with Crippen molar-refractivity contribution in [2.45, 2.75) is 51.3 Å². The number of hydrogen-bond donors (Lipinski definition) is 1. The lowest BCUT2D eigenvalue weighted by Gasteiger charge is -2.19. The Morgan fingerprint density at radius 1 is 1.30 bits per heavy atom. The van der Waals surface area contributed by atoms with Gasteiger partial charge in [-0.05, 0) is 62.6 Å². The van der Waals surface area contributed by atoms with E-state index in [1.54, 1.807) is 13.0 Å². The lowest BCUT2D eigenvalue weighted by Crippen LogP contribution is -2.23. The van der Waals surface area contributed by atoms with Gasteiger partial charge in [-0.1, -0.05) is 19.1 Å². The first-order chi connectivity index (χ1) is 9.38. The molecule has 1 aliphatic rings. The van der Waals surface area contributed by atoms with Gasteiger partial charge in [-0.2, -0.15) is 13.5 Å². The minimum absolute atomic E-state index is 0.311. The van der Waals surface area contributed by atoms with E-state index in [1.807, 2.05) is 19.1 Å². The third-order valence-electron chi connectivity index (χ3n) is 3.70. The van der Waals surface area contributed by atoms with Crippen LogP contribution in [0.1, 0.15) is 43.7 Å². The van der Waals surface area contributed by atoms with Crippen LogP contribution >= 0.6 is 0 Å². The normalized spacial score (nSPS) is 21.9. The number of benzene rings is 1. The van der Waals surface area contributed by atoms with Crippen LogP contribution in [0.3, 0.4) is 0 Å². The van der Waals surface area contributed by atoms with Crippen LogP contribution < -0.4 is 4.83 Å². The Hall–Kier alpha value is -1.36. The fourth-order valence-corrected chi connectivity index (χ4v) is 3.71. The summed E-state index contributed by atoms with van der Waals surface area (Å²) in [5.74, 6) is 0.590. The van der Waals surface area contributed by atoms with Gasteiger partial charge in [0.2, 0.25) is 0 Å². The fraction of sp³-hybridized carbons (Fsp3) is 0.533. The van der Waals surface area contributed by atoms with E-state index in [4.69, 9.17) is 0 Å². The van der Waals surface area contributed by atoms with E-state index in [-0.39, 0.29) is 0 Å². The van der Waals surface area contributed by atoms with Crippen molar-refractivity contribution in [3.63, 3.8) is 0 Å². The van der Waals surface area contributed by atoms with E-state index >= 15 is 0 Å². The summed E-state index contributed by atoms with van der Waals surface area (Å²) in [7, 11) is -3.57. The predicted molar refractivity (Wildman–Crippen MR) is 81.3 cm³/mol. The molecule has 1 fully saturated rings. The van der Waals surface area contributed by atoms with Gasteiger partial charge in [-0.15, -0.1) is 0 Å². The molecule has 1 N–H and O–H groups in total. The second-order valence-corrected chi connectivity index (χ2v) is 7.37. The minimum atomic E-state index is -3.57. The zero-order valence-electron chi connectivity index (χ0n) is 12.3. The van der Waals surface area contributed by atoms with Crippen LogP contribution in [0.5, 0.6) is 0 Å². The van der Waals surface area contributed by atoms with Crippen LogP contribution in [0.4, 0.5) is 0 Å². The summed E-state index contributed by atoms with van der Waals surface area (Å²) < 4.78 is 24.6. The Kier molecular flexibility index (Phi) is 4.48. The van der Waals surface area contributed by atoms with Crippen molar-refractivity contribution in [2.24, 2.45) is 11.0 Å². The molecule has 0 spiro atoms. The van der Waals surface area contributed by atoms with E-state index in [2.05, 4.69) is 16.9 Å². The maximum Gasteiger partial charge on any atom is 0.276 e. The van der Waals surface area contributed by atoms with Crippen molar-refractivity contribution in [3.8, 4) is 0 Å². The highest BCUT2D eigenvalue weighted by Gasteiger charge is 2.18. The third-order valence-corrected chi connectivity index (χ3v) is 5.05. The predicted octanol–water partition coefficient (Wildman–Crippen LogP) is 3.15. The Labute approximate surface area is 121 Å². The van der Waals surface area contributed by atoms with Crippen molar-refractivity contribution in [1.82, 2.24) is 4.83 Å². The number of nitrogens with one attached hydrogen (secondary N) is 1. The second-order valence-electron chi connectivity index (χ2n) is 5.74. The molecule has 0 bridgehead atoms. The number of sulfonamides is 1. The Morgan fingerprint density at radius 2 is 2.05 bits per heavy atom. The molecule has 0 amide bonds. The van der Waals surface area contributed by atoms with Gasteiger partial charge in [0.05, 0.1) is 4.90 Å². The van der Waals surface area contributed by atoms with E-state index < -0.39 is 10.0 Å². The molecular formula is C15H22N2O2S. The average Bonchev–Trinajstić information content (AvgIpc) is 2.39. The summed E-state index contributed by atoms with van der Waals surface area (Å²) in [6, 6.07) is 5.41. The van der Waals surface area contributed by atoms with Crippen molar-refractivity contribution < 1.29 is 8.42 Å². The summed E-state index contributed by atoms with van der Waals surface area (Å²) in [6.07, 6.45) is 4.06. The quantitative estimate of drug-likeness (QED) is 0.871. The molecule has 0 aliphatic heterocycles. The Balaban J connectivity index is 2.19. The first kappa shape index (κ1) is 15.0.